The lowest BCUT2D eigenvalue weighted by Crippen LogP contribution is -2.43. The number of likely N-dealkylation sites (tertiary alicyclic amines) is 1. The topological polar surface area (TPSA) is 32.3 Å². The molecule has 1 fully saturated rings. The number of piperidine rings is 1. The Kier molecular flexibility index (Phi) is 9.01. The SMILES string of the molecule is O=C(NCCSCc1cccc(Cl)c1)C1CCCN(Cc2c(Cl)cccc2Cl)C1. The maximum Gasteiger partial charge on any atom is 0.224 e. The van der Waals surface area contributed by atoms with E-state index >= 15 is 0 Å². The zero-order valence-electron chi connectivity index (χ0n) is 16.2. The molecule has 0 saturated carbocycles. The highest BCUT2D eigenvalue weighted by Gasteiger charge is 2.26. The lowest BCUT2D eigenvalue weighted by molar-refractivity contribution is -0.126. The average Bonchev–Trinajstić information content (AvgIpc) is 2.71. The van der Waals surface area contributed by atoms with Crippen LogP contribution in [-0.4, -0.2) is 36.2 Å². The molecule has 156 valence electrons. The number of thioether (sulfide) groups is 1. The maximum atomic E-state index is 12.6. The van der Waals surface area contributed by atoms with Gasteiger partial charge in [-0.05, 0) is 49.2 Å². The summed E-state index contributed by atoms with van der Waals surface area (Å²) in [5.74, 6) is 1.93. The largest absolute Gasteiger partial charge is 0.355 e. The van der Waals surface area contributed by atoms with Crippen molar-refractivity contribution < 1.29 is 4.79 Å². The number of carbonyl (C=O) groups excluding carboxylic acids is 1. The first kappa shape index (κ1) is 22.8. The maximum absolute atomic E-state index is 12.6. The highest BCUT2D eigenvalue weighted by molar-refractivity contribution is 7.98. The van der Waals surface area contributed by atoms with Gasteiger partial charge in [-0.1, -0.05) is 53.0 Å². The summed E-state index contributed by atoms with van der Waals surface area (Å²) in [6, 6.07) is 13.5. The molecule has 3 nitrogen and oxygen atoms in total. The molecule has 1 atom stereocenters. The summed E-state index contributed by atoms with van der Waals surface area (Å²) in [5, 5.41) is 5.22. The van der Waals surface area contributed by atoms with Gasteiger partial charge in [-0.25, -0.2) is 0 Å². The molecule has 0 bridgehead atoms. The van der Waals surface area contributed by atoms with Crippen LogP contribution in [-0.2, 0) is 17.1 Å². The Morgan fingerprint density at radius 2 is 1.90 bits per heavy atom. The van der Waals surface area contributed by atoms with E-state index in [0.717, 1.165) is 48.0 Å². The average molecular weight is 472 g/mol. The number of hydrogen-bond donors (Lipinski definition) is 1. The Morgan fingerprint density at radius 1 is 1.14 bits per heavy atom. The summed E-state index contributed by atoms with van der Waals surface area (Å²) in [5.41, 5.74) is 2.14. The van der Waals surface area contributed by atoms with Gasteiger partial charge in [-0.15, -0.1) is 0 Å². The lowest BCUT2D eigenvalue weighted by atomic mass is 9.96. The second kappa shape index (κ2) is 11.5. The molecule has 1 aliphatic heterocycles. The normalized spacial score (nSPS) is 17.3. The van der Waals surface area contributed by atoms with Crippen LogP contribution in [0.15, 0.2) is 42.5 Å². The molecule has 0 aliphatic carbocycles. The monoisotopic (exact) mass is 470 g/mol. The van der Waals surface area contributed by atoms with Gasteiger partial charge in [0.2, 0.25) is 5.91 Å². The summed E-state index contributed by atoms with van der Waals surface area (Å²) >= 11 is 20.4. The number of hydrogen-bond acceptors (Lipinski definition) is 3. The quantitative estimate of drug-likeness (QED) is 0.486. The Bertz CT molecular complexity index is 813. The fraction of sp³-hybridized carbons (Fsp3) is 0.409. The molecule has 1 aliphatic rings. The highest BCUT2D eigenvalue weighted by Crippen LogP contribution is 2.27. The van der Waals surface area contributed by atoms with Gasteiger partial charge in [0.05, 0.1) is 5.92 Å². The van der Waals surface area contributed by atoms with Crippen molar-refractivity contribution in [2.24, 2.45) is 5.92 Å². The third-order valence-electron chi connectivity index (χ3n) is 5.02. The minimum atomic E-state index is 0.0166. The molecule has 3 rings (SSSR count). The van der Waals surface area contributed by atoms with Gasteiger partial charge in [0.15, 0.2) is 0 Å². The van der Waals surface area contributed by atoms with E-state index in [0.29, 0.717) is 23.1 Å². The van der Waals surface area contributed by atoms with Gasteiger partial charge < -0.3 is 5.32 Å². The second-order valence-corrected chi connectivity index (χ2v) is 9.60. The zero-order chi connectivity index (χ0) is 20.6. The van der Waals surface area contributed by atoms with Crippen LogP contribution >= 0.6 is 46.6 Å². The number of halogens is 3. The van der Waals surface area contributed by atoms with E-state index in [1.54, 1.807) is 11.8 Å². The predicted octanol–water partition coefficient (Wildman–Crippen LogP) is 5.91. The Balaban J connectivity index is 1.40. The van der Waals surface area contributed by atoms with Gasteiger partial charge in [-0.2, -0.15) is 11.8 Å². The van der Waals surface area contributed by atoms with Crippen molar-refractivity contribution in [3.63, 3.8) is 0 Å². The number of rotatable bonds is 8. The van der Waals surface area contributed by atoms with Crippen LogP contribution in [0.4, 0.5) is 0 Å². The molecule has 1 saturated heterocycles. The van der Waals surface area contributed by atoms with Crippen LogP contribution in [0, 0.1) is 5.92 Å². The molecule has 1 amide bonds. The summed E-state index contributed by atoms with van der Waals surface area (Å²) in [7, 11) is 0. The minimum absolute atomic E-state index is 0.0166. The molecule has 0 radical (unpaired) electrons. The van der Waals surface area contributed by atoms with Crippen molar-refractivity contribution in [3.8, 4) is 0 Å². The molecule has 1 N–H and O–H groups in total. The first-order chi connectivity index (χ1) is 14.0. The van der Waals surface area contributed by atoms with Crippen molar-refractivity contribution in [1.29, 1.82) is 0 Å². The van der Waals surface area contributed by atoms with Crippen LogP contribution in [0.25, 0.3) is 0 Å². The summed E-state index contributed by atoms with van der Waals surface area (Å²) in [6.45, 7) is 3.05. The Hall–Kier alpha value is -0.910. The van der Waals surface area contributed by atoms with E-state index in [2.05, 4.69) is 16.3 Å². The molecule has 7 heteroatoms. The Morgan fingerprint density at radius 3 is 2.66 bits per heavy atom. The molecule has 1 heterocycles. The van der Waals surface area contributed by atoms with Crippen LogP contribution < -0.4 is 5.32 Å². The lowest BCUT2D eigenvalue weighted by Gasteiger charge is -2.32. The van der Waals surface area contributed by atoms with E-state index < -0.39 is 0 Å². The third kappa shape index (κ3) is 7.08. The molecule has 2 aromatic rings. The first-order valence-electron chi connectivity index (χ1n) is 9.78. The van der Waals surface area contributed by atoms with Gasteiger partial charge in [0, 0.05) is 51.8 Å². The molecular weight excluding hydrogens is 447 g/mol. The number of nitrogens with zero attached hydrogens (tertiary/aromatic N) is 1. The molecule has 0 aromatic heterocycles. The standard InChI is InChI=1S/C22H25Cl3N2OS/c23-18-6-1-4-16(12-18)15-29-11-9-26-22(28)17-5-3-10-27(13-17)14-19-20(24)7-2-8-21(19)25/h1-2,4,6-8,12,17H,3,5,9-11,13-15H2,(H,26,28). The van der Waals surface area contributed by atoms with Gasteiger partial charge in [0.1, 0.15) is 0 Å². The van der Waals surface area contributed by atoms with Crippen molar-refractivity contribution >= 4 is 52.5 Å². The second-order valence-electron chi connectivity index (χ2n) is 7.25. The van der Waals surface area contributed by atoms with E-state index in [1.165, 1.54) is 5.56 Å². The molecule has 29 heavy (non-hydrogen) atoms. The van der Waals surface area contributed by atoms with Gasteiger partial charge in [0.25, 0.3) is 0 Å². The summed E-state index contributed by atoms with van der Waals surface area (Å²) in [6.07, 6.45) is 1.93. The third-order valence-corrected chi connectivity index (χ3v) is 7.00. The van der Waals surface area contributed by atoms with E-state index in [1.807, 2.05) is 36.4 Å². The van der Waals surface area contributed by atoms with Crippen molar-refractivity contribution in [3.05, 3.63) is 68.7 Å². The van der Waals surface area contributed by atoms with Crippen molar-refractivity contribution in [2.75, 3.05) is 25.4 Å². The summed E-state index contributed by atoms with van der Waals surface area (Å²) < 4.78 is 0. The van der Waals surface area contributed by atoms with E-state index in [-0.39, 0.29) is 11.8 Å². The van der Waals surface area contributed by atoms with Crippen LogP contribution in [0.1, 0.15) is 24.0 Å². The number of benzene rings is 2. The highest BCUT2D eigenvalue weighted by atomic mass is 35.5. The molecular formula is C22H25Cl3N2OS. The summed E-state index contributed by atoms with van der Waals surface area (Å²) in [4.78, 5) is 14.9. The fourth-order valence-electron chi connectivity index (χ4n) is 3.53. The molecule has 2 aromatic carbocycles. The first-order valence-corrected chi connectivity index (χ1v) is 12.1. The fourth-order valence-corrected chi connectivity index (χ4v) is 5.06. The molecule has 1 unspecified atom stereocenters. The predicted molar refractivity (Wildman–Crippen MR) is 125 cm³/mol. The van der Waals surface area contributed by atoms with E-state index in [9.17, 15) is 4.79 Å². The zero-order valence-corrected chi connectivity index (χ0v) is 19.3. The minimum Gasteiger partial charge on any atom is -0.355 e. The smallest absolute Gasteiger partial charge is 0.224 e. The number of nitrogens with one attached hydrogen (secondary N) is 1. The Labute approximate surface area is 192 Å². The number of amides is 1. The van der Waals surface area contributed by atoms with Crippen LogP contribution in [0.5, 0.6) is 0 Å². The number of carbonyl (C=O) groups is 1. The van der Waals surface area contributed by atoms with Crippen molar-refractivity contribution in [2.45, 2.75) is 25.1 Å². The van der Waals surface area contributed by atoms with Gasteiger partial charge >= 0.3 is 0 Å². The van der Waals surface area contributed by atoms with Crippen molar-refractivity contribution in [1.82, 2.24) is 10.2 Å². The molecule has 0 spiro atoms. The van der Waals surface area contributed by atoms with E-state index in [4.69, 9.17) is 34.8 Å². The van der Waals surface area contributed by atoms with Crippen LogP contribution in [0.3, 0.4) is 0 Å². The van der Waals surface area contributed by atoms with Crippen LogP contribution in [0.2, 0.25) is 15.1 Å². The van der Waals surface area contributed by atoms with Gasteiger partial charge in [-0.3, -0.25) is 9.69 Å².